The Balaban J connectivity index is 0.000000221. The van der Waals surface area contributed by atoms with E-state index in [0.717, 1.165) is 11.1 Å². The van der Waals surface area contributed by atoms with Crippen molar-refractivity contribution in [3.8, 4) is 57.1 Å². The van der Waals surface area contributed by atoms with Gasteiger partial charge in [0.05, 0.1) is 38.9 Å². The second-order valence-corrected chi connectivity index (χ2v) is 24.9. The monoisotopic (exact) mass is 1080 g/mol. The number of amides is 2. The fraction of sp³-hybridized carbons (Fsp3) is 0.444. The fourth-order valence-corrected chi connectivity index (χ4v) is 12.4. The Hall–Kier alpha value is -7.20. The lowest BCUT2D eigenvalue weighted by molar-refractivity contribution is 0.0208. The molecule has 0 radical (unpaired) electrons. The highest BCUT2D eigenvalue weighted by Gasteiger charge is 2.38. The fourth-order valence-electron chi connectivity index (χ4n) is 8.99. The zero-order valence-corrected chi connectivity index (χ0v) is 46.4. The molecule has 0 spiro atoms. The summed E-state index contributed by atoms with van der Waals surface area (Å²) in [7, 11) is -1.33. The van der Waals surface area contributed by atoms with Gasteiger partial charge in [-0.15, -0.1) is 20.4 Å². The van der Waals surface area contributed by atoms with E-state index < -0.39 is 53.6 Å². The molecule has 2 aromatic heterocycles. The molecule has 0 aliphatic carbocycles. The molecule has 2 aliphatic rings. The molecular formula is C54H68N8O12S2. The summed E-state index contributed by atoms with van der Waals surface area (Å²) >= 11 is 0. The van der Waals surface area contributed by atoms with Crippen molar-refractivity contribution in [1.82, 2.24) is 39.3 Å². The smallest absolute Gasteiger partial charge is 0.410 e. The minimum atomic E-state index is -3.74. The Morgan fingerprint density at radius 1 is 0.500 bits per heavy atom. The topological polar surface area (TPSA) is 226 Å². The first-order valence-corrected chi connectivity index (χ1v) is 28.3. The van der Waals surface area contributed by atoms with Gasteiger partial charge in [0.25, 0.3) is 0 Å². The van der Waals surface area contributed by atoms with E-state index in [4.69, 9.17) is 28.4 Å². The van der Waals surface area contributed by atoms with Gasteiger partial charge < -0.3 is 38.2 Å². The average Bonchev–Trinajstić information content (AvgIpc) is 4.02. The molecule has 0 saturated carbocycles. The molecule has 4 aromatic carbocycles. The molecule has 4 heterocycles. The standard InChI is InChI=1S/2C27H34N4O6S/c2*1-27(2,3)37-26(32)30-16-10-13-20(17-30)38(33,34)18-23-28-29-25(19-11-7-6-8-12-19)31(23)24-21(35-4)14-9-15-22(24)36-5/h2*6-9,11-12,14-15,20H,10,13,16-18H2,1-5H3/t2*20-/m10/s1. The molecule has 2 fully saturated rings. The van der Waals surface area contributed by atoms with Crippen molar-refractivity contribution in [1.29, 1.82) is 0 Å². The highest BCUT2D eigenvalue weighted by Crippen LogP contribution is 2.39. The highest BCUT2D eigenvalue weighted by atomic mass is 32.2. The van der Waals surface area contributed by atoms with Gasteiger partial charge in [-0.05, 0) is 91.5 Å². The summed E-state index contributed by atoms with van der Waals surface area (Å²) in [6.45, 7) is 11.7. The normalized spacial score (nSPS) is 16.2. The van der Waals surface area contributed by atoms with Gasteiger partial charge in [0, 0.05) is 37.3 Å². The van der Waals surface area contributed by atoms with Crippen molar-refractivity contribution in [2.75, 3.05) is 54.6 Å². The van der Waals surface area contributed by atoms with Crippen LogP contribution in [0, 0.1) is 0 Å². The number of rotatable bonds is 14. The zero-order valence-electron chi connectivity index (χ0n) is 44.8. The Morgan fingerprint density at radius 3 is 1.13 bits per heavy atom. The van der Waals surface area contributed by atoms with E-state index in [9.17, 15) is 26.4 Å². The number of methoxy groups -OCH3 is 4. The van der Waals surface area contributed by atoms with Crippen LogP contribution in [-0.4, -0.2) is 145 Å². The lowest BCUT2D eigenvalue weighted by atomic mass is 10.1. The lowest BCUT2D eigenvalue weighted by Gasteiger charge is -2.33. The van der Waals surface area contributed by atoms with Crippen LogP contribution in [0.3, 0.4) is 0 Å². The number of benzene rings is 4. The van der Waals surface area contributed by atoms with E-state index in [-0.39, 0.29) is 36.2 Å². The number of carbonyl (C=O) groups excluding carboxylic acids is 2. The number of nitrogens with zero attached hydrogens (tertiary/aromatic N) is 8. The number of para-hydroxylation sites is 2. The number of hydrogen-bond acceptors (Lipinski definition) is 16. The van der Waals surface area contributed by atoms with Crippen LogP contribution in [0.15, 0.2) is 97.1 Å². The van der Waals surface area contributed by atoms with E-state index >= 15 is 0 Å². The van der Waals surface area contributed by atoms with Gasteiger partial charge in [0.2, 0.25) is 0 Å². The average molecular weight is 1090 g/mol. The maximum atomic E-state index is 13.7. The van der Waals surface area contributed by atoms with Crippen LogP contribution in [0.4, 0.5) is 9.59 Å². The molecular weight excluding hydrogens is 1020 g/mol. The van der Waals surface area contributed by atoms with Crippen LogP contribution in [0.5, 0.6) is 23.0 Å². The Morgan fingerprint density at radius 2 is 0.829 bits per heavy atom. The minimum Gasteiger partial charge on any atom is -0.494 e. The van der Waals surface area contributed by atoms with Crippen LogP contribution in [0.25, 0.3) is 34.2 Å². The van der Waals surface area contributed by atoms with Crippen LogP contribution in [0.1, 0.15) is 78.9 Å². The van der Waals surface area contributed by atoms with Crippen molar-refractivity contribution in [3.05, 3.63) is 109 Å². The third kappa shape index (κ3) is 13.4. The SMILES string of the molecule is COc1cccc(OC)c1-n1c(CS(=O)(=O)[C@@H]2CCCN(C(=O)OC(C)(C)C)C2)nnc1-c1ccccc1.COc1cccc(OC)c1-n1c(CS(=O)(=O)[C@H]2CCCN(C(=O)OC(C)(C)C)C2)nnc1-c1ccccc1. The van der Waals surface area contributed by atoms with E-state index in [1.54, 1.807) is 87.1 Å². The molecule has 0 unspecified atom stereocenters. The first-order chi connectivity index (χ1) is 36.1. The quantitative estimate of drug-likeness (QED) is 0.0996. The predicted molar refractivity (Wildman–Crippen MR) is 287 cm³/mol. The number of hydrogen-bond donors (Lipinski definition) is 0. The predicted octanol–water partition coefficient (Wildman–Crippen LogP) is 8.53. The van der Waals surface area contributed by atoms with E-state index in [1.807, 2.05) is 60.7 Å². The van der Waals surface area contributed by atoms with Crippen molar-refractivity contribution in [2.45, 2.75) is 100 Å². The summed E-state index contributed by atoms with van der Waals surface area (Å²) in [6.07, 6.45) is 0.992. The van der Waals surface area contributed by atoms with Gasteiger partial charge in [0.15, 0.2) is 43.0 Å². The number of aromatic nitrogens is 6. The van der Waals surface area contributed by atoms with Crippen molar-refractivity contribution in [3.63, 3.8) is 0 Å². The Bertz CT molecular complexity index is 2930. The van der Waals surface area contributed by atoms with Gasteiger partial charge in [-0.2, -0.15) is 0 Å². The third-order valence-electron chi connectivity index (χ3n) is 12.5. The Labute approximate surface area is 445 Å². The maximum Gasteiger partial charge on any atom is 0.410 e. The number of piperidine rings is 2. The second kappa shape index (κ2) is 23.8. The van der Waals surface area contributed by atoms with Gasteiger partial charge in [-0.25, -0.2) is 26.4 Å². The third-order valence-corrected chi connectivity index (χ3v) is 16.6. The maximum absolute atomic E-state index is 13.7. The number of likely N-dealkylation sites (tertiary alicyclic amines) is 2. The first kappa shape index (κ1) is 56.5. The van der Waals surface area contributed by atoms with Gasteiger partial charge in [-0.1, -0.05) is 72.8 Å². The molecule has 0 N–H and O–H groups in total. The summed E-state index contributed by atoms with van der Waals surface area (Å²) < 4.78 is 91.7. The van der Waals surface area contributed by atoms with Gasteiger partial charge in [-0.3, -0.25) is 9.13 Å². The number of carbonyl (C=O) groups is 2. The van der Waals surface area contributed by atoms with Crippen molar-refractivity contribution < 1.29 is 54.8 Å². The molecule has 22 heteroatoms. The molecule has 408 valence electrons. The van der Waals surface area contributed by atoms with E-state index in [1.165, 1.54) is 38.2 Å². The highest BCUT2D eigenvalue weighted by molar-refractivity contribution is 7.91. The summed E-state index contributed by atoms with van der Waals surface area (Å²) in [4.78, 5) is 28.2. The van der Waals surface area contributed by atoms with Crippen LogP contribution in [-0.2, 0) is 40.7 Å². The van der Waals surface area contributed by atoms with Crippen LogP contribution in [0.2, 0.25) is 0 Å². The van der Waals surface area contributed by atoms with Crippen LogP contribution < -0.4 is 18.9 Å². The summed E-state index contributed by atoms with van der Waals surface area (Å²) in [6, 6.07) is 29.4. The number of ether oxygens (including phenoxy) is 6. The molecule has 6 aromatic rings. The van der Waals surface area contributed by atoms with Gasteiger partial charge >= 0.3 is 12.2 Å². The molecule has 8 rings (SSSR count). The molecule has 2 atom stereocenters. The number of sulfone groups is 2. The summed E-state index contributed by atoms with van der Waals surface area (Å²) in [5, 5.41) is 15.9. The minimum absolute atomic E-state index is 0.0644. The molecule has 2 saturated heterocycles. The second-order valence-electron chi connectivity index (χ2n) is 20.3. The van der Waals surface area contributed by atoms with E-state index in [2.05, 4.69) is 20.4 Å². The molecule has 2 aliphatic heterocycles. The largest absolute Gasteiger partial charge is 0.494 e. The summed E-state index contributed by atoms with van der Waals surface area (Å²) in [5.74, 6) is 2.53. The lowest BCUT2D eigenvalue weighted by Crippen LogP contribution is -2.47. The Kier molecular flexibility index (Phi) is 17.7. The van der Waals surface area contributed by atoms with Gasteiger partial charge in [0.1, 0.15) is 57.1 Å². The zero-order chi connectivity index (χ0) is 55.0. The molecule has 20 nitrogen and oxygen atoms in total. The molecule has 0 bridgehead atoms. The van der Waals surface area contributed by atoms with Crippen LogP contribution >= 0.6 is 0 Å². The molecule has 76 heavy (non-hydrogen) atoms. The van der Waals surface area contributed by atoms with Crippen molar-refractivity contribution >= 4 is 31.9 Å². The summed E-state index contributed by atoms with van der Waals surface area (Å²) in [5.41, 5.74) is 1.19. The van der Waals surface area contributed by atoms with Crippen molar-refractivity contribution in [2.24, 2.45) is 0 Å². The first-order valence-electron chi connectivity index (χ1n) is 24.9. The van der Waals surface area contributed by atoms with E-state index in [0.29, 0.717) is 84.8 Å². The molecule has 2 amide bonds.